The Morgan fingerprint density at radius 1 is 0.415 bits per heavy atom. The summed E-state index contributed by atoms with van der Waals surface area (Å²) in [6.07, 6.45) is 27.3. The van der Waals surface area contributed by atoms with Crippen molar-refractivity contribution in [1.82, 2.24) is 0 Å². The minimum atomic E-state index is -0.968. The molecule has 0 aromatic heterocycles. The summed E-state index contributed by atoms with van der Waals surface area (Å²) >= 11 is 0. The van der Waals surface area contributed by atoms with E-state index in [1.165, 1.54) is 37.8 Å². The number of carbonyl (C=O) groups excluding carboxylic acids is 4. The van der Waals surface area contributed by atoms with Crippen LogP contribution in [-0.2, 0) is 51.3 Å². The molecule has 10 nitrogen and oxygen atoms in total. The first-order chi connectivity index (χ1) is 31.0. The first kappa shape index (κ1) is 62.8. The number of hydrogen-bond acceptors (Lipinski definition) is 10. The zero-order valence-electron chi connectivity index (χ0n) is 41.1. The first-order valence-corrected chi connectivity index (χ1v) is 25.1. The molecule has 4 unspecified atom stereocenters. The second-order valence-corrected chi connectivity index (χ2v) is 17.5. The van der Waals surface area contributed by atoms with Crippen molar-refractivity contribution in [2.24, 2.45) is 0 Å². The van der Waals surface area contributed by atoms with Crippen LogP contribution in [0, 0.1) is 0 Å². The molecule has 0 radical (unpaired) electrons. The number of unbranched alkanes of at least 4 members (excludes halogenated alkanes) is 14. The molecule has 0 spiro atoms. The molecule has 0 aliphatic rings. The van der Waals surface area contributed by atoms with E-state index in [-0.39, 0.29) is 85.9 Å². The summed E-state index contributed by atoms with van der Waals surface area (Å²) in [4.78, 5) is 43.6. The van der Waals surface area contributed by atoms with Gasteiger partial charge in [-0.15, -0.1) is 0 Å². The number of benzene rings is 2. The van der Waals surface area contributed by atoms with Gasteiger partial charge in [-0.3, -0.25) is 9.59 Å². The van der Waals surface area contributed by atoms with E-state index < -0.39 is 11.9 Å². The van der Waals surface area contributed by atoms with Crippen molar-refractivity contribution in [3.05, 3.63) is 71.8 Å². The molecule has 4 atom stereocenters. The smallest absolute Gasteiger partial charge is 0.550 e. The second-order valence-electron chi connectivity index (χ2n) is 17.5. The average molecular weight is 1030 g/mol. The van der Waals surface area contributed by atoms with Gasteiger partial charge in [-0.2, -0.15) is 0 Å². The fourth-order valence-corrected chi connectivity index (χ4v) is 7.92. The van der Waals surface area contributed by atoms with Gasteiger partial charge in [0.1, 0.15) is 12.2 Å². The summed E-state index contributed by atoms with van der Waals surface area (Å²) in [6, 6.07) is 20.6. The number of rotatable bonds is 40. The quantitative estimate of drug-likeness (QED) is 0.0358. The Morgan fingerprint density at radius 2 is 0.677 bits per heavy atom. The molecule has 0 N–H and O–H groups in total. The normalized spacial score (nSPS) is 12.7. The predicted octanol–water partition coefficient (Wildman–Crippen LogP) is 11.1. The van der Waals surface area contributed by atoms with Crippen molar-refractivity contribution in [3.8, 4) is 0 Å². The van der Waals surface area contributed by atoms with Crippen molar-refractivity contribution in [2.75, 3.05) is 0 Å². The van der Waals surface area contributed by atoms with Gasteiger partial charge in [0.05, 0.1) is 25.4 Å². The SMILES string of the molecule is CCC(CCCCCCC(CCCCCCCC(=O)[O-])OC(C)=O)OCc1ccccc1.CCC(CCCCCCC(CCCCCCCC(=O)[O-])OC(C)=O)OCc1ccccc1.[Ba+2]. The van der Waals surface area contributed by atoms with Gasteiger partial charge in [0.2, 0.25) is 0 Å². The molecule has 0 amide bonds. The third-order valence-corrected chi connectivity index (χ3v) is 11.7. The summed E-state index contributed by atoms with van der Waals surface area (Å²) in [5.41, 5.74) is 2.44. The number of carbonyl (C=O) groups is 4. The Labute approximate surface area is 434 Å². The molecule has 2 rings (SSSR count). The van der Waals surface area contributed by atoms with E-state index in [1.54, 1.807) is 0 Å². The molecule has 0 fully saturated rings. The van der Waals surface area contributed by atoms with Gasteiger partial charge in [0.25, 0.3) is 0 Å². The molecule has 0 aliphatic carbocycles. The van der Waals surface area contributed by atoms with Crippen LogP contribution in [0.15, 0.2) is 60.7 Å². The average Bonchev–Trinajstić information content (AvgIpc) is 3.27. The van der Waals surface area contributed by atoms with Gasteiger partial charge in [-0.1, -0.05) is 152 Å². The van der Waals surface area contributed by atoms with E-state index in [0.29, 0.717) is 38.3 Å². The molecule has 0 bridgehead atoms. The van der Waals surface area contributed by atoms with Crippen LogP contribution in [-0.4, -0.2) is 97.2 Å². The maximum Gasteiger partial charge on any atom is 2.00 e. The van der Waals surface area contributed by atoms with Crippen LogP contribution >= 0.6 is 0 Å². The van der Waals surface area contributed by atoms with Crippen LogP contribution in [0.4, 0.5) is 0 Å². The van der Waals surface area contributed by atoms with Crippen LogP contribution in [0.2, 0.25) is 0 Å². The molecule has 0 saturated carbocycles. The van der Waals surface area contributed by atoms with E-state index >= 15 is 0 Å². The molecule has 364 valence electrons. The van der Waals surface area contributed by atoms with E-state index in [9.17, 15) is 29.4 Å². The zero-order chi connectivity index (χ0) is 46.9. The maximum absolute atomic E-state index is 11.4. The standard InChI is InChI=1S/2C27H44O5.Ba/c2*1-3-25(31-22-24-16-10-9-11-17-24)18-12-7-8-14-20-26(32-23(2)28)19-13-5-4-6-15-21-27(29)30;/h2*9-11,16-17,25-26H,3-8,12-15,18-22H2,1-2H3,(H,29,30);/q;;+2/p-2. The summed E-state index contributed by atoms with van der Waals surface area (Å²) in [6.45, 7) is 8.69. The van der Waals surface area contributed by atoms with Gasteiger partial charge in [0.15, 0.2) is 0 Å². The van der Waals surface area contributed by atoms with Crippen LogP contribution < -0.4 is 10.2 Å². The van der Waals surface area contributed by atoms with Crippen LogP contribution in [0.25, 0.3) is 0 Å². The minimum absolute atomic E-state index is 0. The van der Waals surface area contributed by atoms with Gasteiger partial charge in [-0.05, 0) is 114 Å². The predicted molar refractivity (Wildman–Crippen MR) is 258 cm³/mol. The zero-order valence-corrected chi connectivity index (χ0v) is 45.5. The van der Waals surface area contributed by atoms with Gasteiger partial charge >= 0.3 is 60.8 Å². The molecule has 0 saturated heterocycles. The number of ether oxygens (including phenoxy) is 4. The fraction of sp³-hybridized carbons (Fsp3) is 0.704. The summed E-state index contributed by atoms with van der Waals surface area (Å²) in [7, 11) is 0. The fourth-order valence-electron chi connectivity index (χ4n) is 7.92. The van der Waals surface area contributed by atoms with E-state index in [2.05, 4.69) is 38.1 Å². The van der Waals surface area contributed by atoms with Crippen molar-refractivity contribution >= 4 is 72.8 Å². The van der Waals surface area contributed by atoms with E-state index in [4.69, 9.17) is 18.9 Å². The monoisotopic (exact) mass is 1030 g/mol. The van der Waals surface area contributed by atoms with Crippen LogP contribution in [0.1, 0.15) is 219 Å². The Hall–Kier alpha value is -2.19. The maximum atomic E-state index is 11.4. The van der Waals surface area contributed by atoms with E-state index in [1.807, 2.05) is 36.4 Å². The number of hydrogen-bond donors (Lipinski definition) is 0. The molecule has 2 aromatic rings. The number of aliphatic carboxylic acids is 2. The number of carboxylic acids is 2. The summed E-state index contributed by atoms with van der Waals surface area (Å²) in [5, 5.41) is 20.8. The summed E-state index contributed by atoms with van der Waals surface area (Å²) < 4.78 is 23.1. The topological polar surface area (TPSA) is 151 Å². The minimum Gasteiger partial charge on any atom is -0.550 e. The first-order valence-electron chi connectivity index (χ1n) is 25.1. The molecular weight excluding hydrogens is 946 g/mol. The molecule has 0 aliphatic heterocycles. The van der Waals surface area contributed by atoms with Crippen molar-refractivity contribution in [3.63, 3.8) is 0 Å². The van der Waals surface area contributed by atoms with Crippen LogP contribution in [0.3, 0.4) is 0 Å². The summed E-state index contributed by atoms with van der Waals surface area (Å²) in [5.74, 6) is -2.34. The Bertz CT molecular complexity index is 1320. The molecule has 65 heavy (non-hydrogen) atoms. The van der Waals surface area contributed by atoms with Crippen molar-refractivity contribution in [1.29, 1.82) is 0 Å². The Balaban J connectivity index is 0.00000124. The third kappa shape index (κ3) is 40.6. The van der Waals surface area contributed by atoms with Gasteiger partial charge in [-0.25, -0.2) is 0 Å². The largest absolute Gasteiger partial charge is 2.00 e. The van der Waals surface area contributed by atoms with Crippen molar-refractivity contribution in [2.45, 2.75) is 245 Å². The van der Waals surface area contributed by atoms with Crippen LogP contribution in [0.5, 0.6) is 0 Å². The third-order valence-electron chi connectivity index (χ3n) is 11.7. The Morgan fingerprint density at radius 3 is 0.938 bits per heavy atom. The van der Waals surface area contributed by atoms with Gasteiger partial charge < -0.3 is 38.7 Å². The van der Waals surface area contributed by atoms with Crippen molar-refractivity contribution < 1.29 is 48.3 Å². The Kier molecular flexibility index (Phi) is 42.8. The second kappa shape index (κ2) is 44.3. The number of carboxylic acid groups (broad SMARTS) is 2. The molecule has 2 aromatic carbocycles. The van der Waals surface area contributed by atoms with E-state index in [0.717, 1.165) is 141 Å². The molecule has 11 heteroatoms. The number of esters is 2. The van der Waals surface area contributed by atoms with Gasteiger partial charge in [0, 0.05) is 25.8 Å². The molecular formula is C54H86BaO10. The molecule has 0 heterocycles.